The fraction of sp³-hybridized carbons (Fsp3) is 0.100. The monoisotopic (exact) mass is 507 g/mol. The highest BCUT2D eigenvalue weighted by Gasteiger charge is 2.22. The normalized spacial score (nSPS) is 11.0. The topological polar surface area (TPSA) is 67.5 Å². The summed E-state index contributed by atoms with van der Waals surface area (Å²) in [6.45, 7) is 4.24. The number of aromatic carboxylic acids is 1. The summed E-state index contributed by atoms with van der Waals surface area (Å²) in [5, 5.41) is 10.5. The van der Waals surface area contributed by atoms with Crippen molar-refractivity contribution < 1.29 is 9.90 Å². The third-order valence-electron chi connectivity index (χ3n) is 6.64. The van der Waals surface area contributed by atoms with Gasteiger partial charge >= 0.3 is 5.97 Å². The van der Waals surface area contributed by atoms with Crippen molar-refractivity contribution in [2.75, 3.05) is 4.90 Å². The van der Waals surface area contributed by atoms with Crippen molar-refractivity contribution in [2.45, 2.75) is 20.5 Å². The number of fused-ring (bicyclic) bond motifs is 1. The molecule has 0 saturated heterocycles. The number of para-hydroxylation sites is 3. The summed E-state index contributed by atoms with van der Waals surface area (Å²) in [5.74, 6) is -1.02. The van der Waals surface area contributed by atoms with Crippen molar-refractivity contribution in [3.63, 3.8) is 0 Å². The van der Waals surface area contributed by atoms with E-state index in [0.717, 1.165) is 16.8 Å². The molecule has 0 aliphatic carbocycles. The molecule has 0 aliphatic rings. The second-order valence-electron chi connectivity index (χ2n) is 8.81. The maximum atomic E-state index is 13.6. The number of rotatable bonds is 6. The Labute approximate surface area is 219 Å². The third-order valence-corrected chi connectivity index (χ3v) is 7.04. The molecule has 1 aromatic heterocycles. The first-order valence-electron chi connectivity index (χ1n) is 11.8. The minimum atomic E-state index is -1.02. The summed E-state index contributed by atoms with van der Waals surface area (Å²) < 4.78 is 3.74. The Morgan fingerprint density at radius 1 is 0.838 bits per heavy atom. The van der Waals surface area contributed by atoms with E-state index >= 15 is 0 Å². The van der Waals surface area contributed by atoms with E-state index in [4.69, 9.17) is 12.2 Å². The Morgan fingerprint density at radius 3 is 2.24 bits per heavy atom. The summed E-state index contributed by atoms with van der Waals surface area (Å²) in [5.41, 5.74) is 4.81. The van der Waals surface area contributed by atoms with Crippen LogP contribution in [0, 0.1) is 18.6 Å². The predicted molar refractivity (Wildman–Crippen MR) is 150 cm³/mol. The number of benzene rings is 4. The Bertz CT molecular complexity index is 1760. The molecule has 0 fully saturated rings. The molecule has 4 aromatic carbocycles. The van der Waals surface area contributed by atoms with Gasteiger partial charge in [0.15, 0.2) is 4.77 Å². The maximum Gasteiger partial charge on any atom is 0.337 e. The van der Waals surface area contributed by atoms with Gasteiger partial charge in [0.25, 0.3) is 5.56 Å². The number of carboxylic acids is 1. The van der Waals surface area contributed by atoms with Crippen LogP contribution in [0.3, 0.4) is 0 Å². The van der Waals surface area contributed by atoms with Gasteiger partial charge in [-0.15, -0.1) is 0 Å². The van der Waals surface area contributed by atoms with Gasteiger partial charge in [-0.1, -0.05) is 54.6 Å². The van der Waals surface area contributed by atoms with Crippen LogP contribution in [0.1, 0.15) is 21.5 Å². The molecular weight excluding hydrogens is 482 g/mol. The molecule has 1 heterocycles. The van der Waals surface area contributed by atoms with Gasteiger partial charge < -0.3 is 10.0 Å². The summed E-state index contributed by atoms with van der Waals surface area (Å²) >= 11 is 5.93. The minimum Gasteiger partial charge on any atom is -0.478 e. The molecule has 5 aromatic rings. The van der Waals surface area contributed by atoms with Crippen molar-refractivity contribution in [2.24, 2.45) is 0 Å². The van der Waals surface area contributed by atoms with Crippen LogP contribution in [-0.4, -0.2) is 20.2 Å². The Balaban J connectivity index is 1.82. The van der Waals surface area contributed by atoms with Crippen molar-refractivity contribution in [1.29, 1.82) is 0 Å². The van der Waals surface area contributed by atoms with Gasteiger partial charge in [-0.25, -0.2) is 4.79 Å². The van der Waals surface area contributed by atoms with E-state index in [2.05, 4.69) is 0 Å². The smallest absolute Gasteiger partial charge is 0.337 e. The van der Waals surface area contributed by atoms with Gasteiger partial charge in [-0.3, -0.25) is 13.9 Å². The fourth-order valence-corrected chi connectivity index (χ4v) is 4.95. The van der Waals surface area contributed by atoms with Gasteiger partial charge in [0, 0.05) is 5.69 Å². The van der Waals surface area contributed by atoms with E-state index in [1.807, 2.05) is 96.1 Å². The summed E-state index contributed by atoms with van der Waals surface area (Å²) in [6, 6.07) is 29.5. The van der Waals surface area contributed by atoms with Crippen LogP contribution < -0.4 is 10.5 Å². The predicted octanol–water partition coefficient (Wildman–Crippen LogP) is 6.63. The van der Waals surface area contributed by atoms with Gasteiger partial charge in [-0.2, -0.15) is 0 Å². The van der Waals surface area contributed by atoms with E-state index < -0.39 is 5.97 Å². The lowest BCUT2D eigenvalue weighted by atomic mass is 10.1. The highest BCUT2D eigenvalue weighted by Crippen LogP contribution is 2.33. The van der Waals surface area contributed by atoms with Crippen LogP contribution in [0.25, 0.3) is 16.6 Å². The standard InChI is InChI=1S/C30H25N3O3S/c1-20-11-10-18-25(21(20)2)31(27-17-9-7-15-24(27)29(35)36)19-32-26-16-8-6-14-23(26)28(34)33(30(32)37)22-12-4-3-5-13-22/h3-18H,19H2,1-2H3,(H,35,36). The van der Waals surface area contributed by atoms with E-state index in [0.29, 0.717) is 27.0 Å². The molecule has 5 rings (SSSR count). The zero-order valence-corrected chi connectivity index (χ0v) is 21.3. The molecule has 0 saturated carbocycles. The number of nitrogens with zero attached hydrogens (tertiary/aromatic N) is 3. The highest BCUT2D eigenvalue weighted by atomic mass is 32.1. The lowest BCUT2D eigenvalue weighted by molar-refractivity contribution is 0.0697. The van der Waals surface area contributed by atoms with Crippen LogP contribution in [-0.2, 0) is 6.67 Å². The summed E-state index contributed by atoms with van der Waals surface area (Å²) in [4.78, 5) is 27.7. The number of hydrogen-bond acceptors (Lipinski definition) is 4. The zero-order chi connectivity index (χ0) is 26.1. The molecule has 37 heavy (non-hydrogen) atoms. The maximum absolute atomic E-state index is 13.6. The molecule has 184 valence electrons. The second-order valence-corrected chi connectivity index (χ2v) is 9.18. The van der Waals surface area contributed by atoms with E-state index in [1.165, 1.54) is 4.57 Å². The van der Waals surface area contributed by atoms with Crippen molar-refractivity contribution >= 4 is 40.5 Å². The van der Waals surface area contributed by atoms with Gasteiger partial charge in [0.05, 0.1) is 27.8 Å². The number of carbonyl (C=O) groups is 1. The Hall–Kier alpha value is -4.49. The summed E-state index contributed by atoms with van der Waals surface area (Å²) in [6.07, 6.45) is 0. The first-order chi connectivity index (χ1) is 17.9. The van der Waals surface area contributed by atoms with Gasteiger partial charge in [0.1, 0.15) is 6.67 Å². The van der Waals surface area contributed by atoms with E-state index in [9.17, 15) is 14.7 Å². The molecular formula is C30H25N3O3S. The number of aryl methyl sites for hydroxylation is 1. The van der Waals surface area contributed by atoms with Gasteiger partial charge in [0.2, 0.25) is 0 Å². The molecule has 6 nitrogen and oxygen atoms in total. The molecule has 7 heteroatoms. The zero-order valence-electron chi connectivity index (χ0n) is 20.5. The second kappa shape index (κ2) is 9.87. The van der Waals surface area contributed by atoms with Crippen molar-refractivity contribution in [3.8, 4) is 5.69 Å². The molecule has 0 spiro atoms. The lowest BCUT2D eigenvalue weighted by Crippen LogP contribution is -2.30. The van der Waals surface area contributed by atoms with E-state index in [1.54, 1.807) is 24.3 Å². The highest BCUT2D eigenvalue weighted by molar-refractivity contribution is 7.71. The molecule has 0 atom stereocenters. The first-order valence-corrected chi connectivity index (χ1v) is 12.3. The van der Waals surface area contributed by atoms with Crippen LogP contribution in [0.2, 0.25) is 0 Å². The molecule has 0 amide bonds. The molecule has 1 N–H and O–H groups in total. The Kier molecular flexibility index (Phi) is 6.46. The van der Waals surface area contributed by atoms with Crippen LogP contribution in [0.15, 0.2) is 102 Å². The lowest BCUT2D eigenvalue weighted by Gasteiger charge is -2.30. The van der Waals surface area contributed by atoms with E-state index in [-0.39, 0.29) is 17.8 Å². The summed E-state index contributed by atoms with van der Waals surface area (Å²) in [7, 11) is 0. The average molecular weight is 508 g/mol. The number of aromatic nitrogens is 2. The number of hydrogen-bond donors (Lipinski definition) is 1. The number of carboxylic acid groups (broad SMARTS) is 1. The molecule has 0 radical (unpaired) electrons. The van der Waals surface area contributed by atoms with Crippen LogP contribution in [0.4, 0.5) is 11.4 Å². The third kappa shape index (κ3) is 4.34. The molecule has 0 unspecified atom stereocenters. The van der Waals surface area contributed by atoms with Crippen molar-refractivity contribution in [3.05, 3.63) is 129 Å². The van der Waals surface area contributed by atoms with Crippen LogP contribution >= 0.6 is 12.2 Å². The molecule has 0 aliphatic heterocycles. The number of anilines is 2. The minimum absolute atomic E-state index is 0.176. The Morgan fingerprint density at radius 2 is 1.49 bits per heavy atom. The SMILES string of the molecule is Cc1cccc(N(Cn2c(=S)n(-c3ccccc3)c(=O)c3ccccc32)c2ccccc2C(=O)O)c1C. The molecule has 0 bridgehead atoms. The quantitative estimate of drug-likeness (QED) is 0.261. The van der Waals surface area contributed by atoms with Crippen molar-refractivity contribution in [1.82, 2.24) is 9.13 Å². The first kappa shape index (κ1) is 24.2. The fourth-order valence-electron chi connectivity index (χ4n) is 4.60. The largest absolute Gasteiger partial charge is 0.478 e. The average Bonchev–Trinajstić information content (AvgIpc) is 2.91. The van der Waals surface area contributed by atoms with Gasteiger partial charge in [-0.05, 0) is 79.7 Å². The van der Waals surface area contributed by atoms with Crippen LogP contribution in [0.5, 0.6) is 0 Å².